The molecule has 1 aromatic carbocycles. The second-order valence-electron chi connectivity index (χ2n) is 5.52. The van der Waals surface area contributed by atoms with Gasteiger partial charge in [-0.2, -0.15) is 0 Å². The molecule has 130 valence electrons. The standard InChI is InChI=1S/C18H30N2O3/c1-4-21-16-8-7-15(9-12-20-13-10-19-11-14-20)17(22-5-2)18(16)23-6-3/h7-8,19H,4-6,9-14H2,1-3H3. The maximum atomic E-state index is 5.91. The topological polar surface area (TPSA) is 43.0 Å². The van der Waals surface area contributed by atoms with Gasteiger partial charge in [0.15, 0.2) is 11.5 Å². The van der Waals surface area contributed by atoms with E-state index < -0.39 is 0 Å². The van der Waals surface area contributed by atoms with Crippen molar-refractivity contribution in [2.75, 3.05) is 52.5 Å². The van der Waals surface area contributed by atoms with Crippen LogP contribution in [0.3, 0.4) is 0 Å². The Hall–Kier alpha value is -1.46. The summed E-state index contributed by atoms with van der Waals surface area (Å²) in [7, 11) is 0. The molecule has 1 heterocycles. The van der Waals surface area contributed by atoms with Crippen LogP contribution in [-0.4, -0.2) is 57.4 Å². The quantitative estimate of drug-likeness (QED) is 0.756. The summed E-state index contributed by atoms with van der Waals surface area (Å²) in [4.78, 5) is 2.49. The van der Waals surface area contributed by atoms with E-state index in [4.69, 9.17) is 14.2 Å². The predicted octanol–water partition coefficient (Wildman–Crippen LogP) is 2.33. The summed E-state index contributed by atoms with van der Waals surface area (Å²) in [5, 5.41) is 3.39. The zero-order valence-corrected chi connectivity index (χ0v) is 14.7. The van der Waals surface area contributed by atoms with Crippen molar-refractivity contribution in [2.45, 2.75) is 27.2 Å². The van der Waals surface area contributed by atoms with Crippen LogP contribution in [0.5, 0.6) is 17.2 Å². The lowest BCUT2D eigenvalue weighted by atomic mass is 10.1. The molecule has 0 amide bonds. The SMILES string of the molecule is CCOc1ccc(CCN2CCNCC2)c(OCC)c1OCC. The number of nitrogens with one attached hydrogen (secondary N) is 1. The highest BCUT2D eigenvalue weighted by molar-refractivity contribution is 5.56. The Morgan fingerprint density at radius 2 is 1.57 bits per heavy atom. The number of nitrogens with zero attached hydrogens (tertiary/aromatic N) is 1. The Morgan fingerprint density at radius 3 is 2.22 bits per heavy atom. The van der Waals surface area contributed by atoms with Gasteiger partial charge in [0.25, 0.3) is 0 Å². The average molecular weight is 322 g/mol. The highest BCUT2D eigenvalue weighted by Crippen LogP contribution is 2.40. The van der Waals surface area contributed by atoms with Gasteiger partial charge in [0.2, 0.25) is 5.75 Å². The van der Waals surface area contributed by atoms with Crippen LogP contribution < -0.4 is 19.5 Å². The van der Waals surface area contributed by atoms with Crippen LogP contribution in [-0.2, 0) is 6.42 Å². The van der Waals surface area contributed by atoms with Crippen LogP contribution >= 0.6 is 0 Å². The molecule has 0 spiro atoms. The minimum atomic E-state index is 0.599. The molecule has 0 aromatic heterocycles. The lowest BCUT2D eigenvalue weighted by Gasteiger charge is -2.27. The minimum Gasteiger partial charge on any atom is -0.490 e. The van der Waals surface area contributed by atoms with Crippen LogP contribution in [0.2, 0.25) is 0 Å². The van der Waals surface area contributed by atoms with Gasteiger partial charge in [-0.1, -0.05) is 6.07 Å². The molecule has 0 radical (unpaired) electrons. The molecule has 5 heteroatoms. The molecule has 0 atom stereocenters. The molecule has 1 aliphatic rings. The molecule has 2 rings (SSSR count). The molecule has 23 heavy (non-hydrogen) atoms. The van der Waals surface area contributed by atoms with Gasteiger partial charge in [0.05, 0.1) is 19.8 Å². The number of hydrogen-bond acceptors (Lipinski definition) is 5. The first-order valence-electron chi connectivity index (χ1n) is 8.77. The summed E-state index contributed by atoms with van der Waals surface area (Å²) in [6, 6.07) is 4.12. The molecule has 5 nitrogen and oxygen atoms in total. The van der Waals surface area contributed by atoms with Gasteiger partial charge in [-0.3, -0.25) is 0 Å². The van der Waals surface area contributed by atoms with Crippen LogP contribution in [0, 0.1) is 0 Å². The van der Waals surface area contributed by atoms with E-state index in [0.717, 1.165) is 56.4 Å². The van der Waals surface area contributed by atoms with Crippen molar-refractivity contribution in [2.24, 2.45) is 0 Å². The highest BCUT2D eigenvalue weighted by Gasteiger charge is 2.18. The molecule has 1 aromatic rings. The summed E-state index contributed by atoms with van der Waals surface area (Å²) in [6.07, 6.45) is 0.960. The van der Waals surface area contributed by atoms with E-state index in [1.54, 1.807) is 0 Å². The third-order valence-electron chi connectivity index (χ3n) is 3.94. The smallest absolute Gasteiger partial charge is 0.203 e. The van der Waals surface area contributed by atoms with Gasteiger partial charge in [-0.05, 0) is 38.8 Å². The Bertz CT molecular complexity index is 474. The van der Waals surface area contributed by atoms with Gasteiger partial charge in [-0.15, -0.1) is 0 Å². The van der Waals surface area contributed by atoms with Crippen LogP contribution in [0.4, 0.5) is 0 Å². The maximum Gasteiger partial charge on any atom is 0.203 e. The van der Waals surface area contributed by atoms with Crippen molar-refractivity contribution in [1.29, 1.82) is 0 Å². The Balaban J connectivity index is 2.17. The van der Waals surface area contributed by atoms with Gasteiger partial charge in [-0.25, -0.2) is 0 Å². The van der Waals surface area contributed by atoms with Crippen molar-refractivity contribution in [1.82, 2.24) is 10.2 Å². The lowest BCUT2D eigenvalue weighted by molar-refractivity contribution is 0.239. The van der Waals surface area contributed by atoms with Crippen molar-refractivity contribution in [3.05, 3.63) is 17.7 Å². The van der Waals surface area contributed by atoms with Crippen molar-refractivity contribution in [3.8, 4) is 17.2 Å². The number of rotatable bonds is 9. The molecule has 1 fully saturated rings. The van der Waals surface area contributed by atoms with E-state index in [-0.39, 0.29) is 0 Å². The predicted molar refractivity (Wildman–Crippen MR) is 93.0 cm³/mol. The van der Waals surface area contributed by atoms with E-state index in [1.807, 2.05) is 26.8 Å². The first kappa shape index (κ1) is 17.9. The Morgan fingerprint density at radius 1 is 0.913 bits per heavy atom. The van der Waals surface area contributed by atoms with Gasteiger partial charge in [0.1, 0.15) is 0 Å². The summed E-state index contributed by atoms with van der Waals surface area (Å²) in [6.45, 7) is 13.2. The molecule has 0 aliphatic carbocycles. The van der Waals surface area contributed by atoms with E-state index in [2.05, 4.69) is 16.3 Å². The van der Waals surface area contributed by atoms with Crippen LogP contribution in [0.25, 0.3) is 0 Å². The van der Waals surface area contributed by atoms with E-state index in [9.17, 15) is 0 Å². The monoisotopic (exact) mass is 322 g/mol. The third-order valence-corrected chi connectivity index (χ3v) is 3.94. The van der Waals surface area contributed by atoms with Crippen molar-refractivity contribution >= 4 is 0 Å². The number of hydrogen-bond donors (Lipinski definition) is 1. The average Bonchev–Trinajstić information content (AvgIpc) is 2.58. The van der Waals surface area contributed by atoms with Gasteiger partial charge >= 0.3 is 0 Å². The van der Waals surface area contributed by atoms with Gasteiger partial charge in [0, 0.05) is 32.7 Å². The molecule has 1 N–H and O–H groups in total. The lowest BCUT2D eigenvalue weighted by Crippen LogP contribution is -2.44. The maximum absolute atomic E-state index is 5.91. The molecular formula is C18H30N2O3. The zero-order valence-electron chi connectivity index (χ0n) is 14.7. The molecule has 0 saturated carbocycles. The second-order valence-corrected chi connectivity index (χ2v) is 5.52. The van der Waals surface area contributed by atoms with Crippen molar-refractivity contribution in [3.63, 3.8) is 0 Å². The summed E-state index contributed by atoms with van der Waals surface area (Å²) >= 11 is 0. The number of piperazine rings is 1. The molecule has 1 aliphatic heterocycles. The molecule has 0 unspecified atom stereocenters. The number of ether oxygens (including phenoxy) is 3. The van der Waals surface area contributed by atoms with Crippen molar-refractivity contribution < 1.29 is 14.2 Å². The van der Waals surface area contributed by atoms with Crippen LogP contribution in [0.1, 0.15) is 26.3 Å². The zero-order chi connectivity index (χ0) is 16.5. The fraction of sp³-hybridized carbons (Fsp3) is 0.667. The first-order valence-corrected chi connectivity index (χ1v) is 8.77. The van der Waals surface area contributed by atoms with E-state index >= 15 is 0 Å². The second kappa shape index (κ2) is 9.63. The first-order chi connectivity index (χ1) is 11.3. The van der Waals surface area contributed by atoms with E-state index in [1.165, 1.54) is 5.56 Å². The summed E-state index contributed by atoms with van der Waals surface area (Å²) in [5.74, 6) is 2.35. The fourth-order valence-corrected chi connectivity index (χ4v) is 2.85. The van der Waals surface area contributed by atoms with E-state index in [0.29, 0.717) is 19.8 Å². The number of benzene rings is 1. The Kier molecular flexibility index (Phi) is 7.49. The molecule has 1 saturated heterocycles. The summed E-state index contributed by atoms with van der Waals surface area (Å²) in [5.41, 5.74) is 1.19. The largest absolute Gasteiger partial charge is 0.490 e. The molecular weight excluding hydrogens is 292 g/mol. The third kappa shape index (κ3) is 5.01. The minimum absolute atomic E-state index is 0.599. The Labute approximate surface area is 139 Å². The summed E-state index contributed by atoms with van der Waals surface area (Å²) < 4.78 is 17.4. The van der Waals surface area contributed by atoms with Gasteiger partial charge < -0.3 is 24.4 Å². The normalized spacial score (nSPS) is 15.4. The van der Waals surface area contributed by atoms with Crippen LogP contribution in [0.15, 0.2) is 12.1 Å². The highest BCUT2D eigenvalue weighted by atomic mass is 16.5. The molecule has 0 bridgehead atoms. The fourth-order valence-electron chi connectivity index (χ4n) is 2.85.